The molecule has 112 valence electrons. The molecule has 0 radical (unpaired) electrons. The molecule has 1 fully saturated rings. The van der Waals surface area contributed by atoms with Crippen LogP contribution in [-0.2, 0) is 20.8 Å². The minimum Gasteiger partial charge on any atom is -0.366 e. The molecular weight excluding hydrogens is 252 g/mol. The summed E-state index contributed by atoms with van der Waals surface area (Å²) in [7, 11) is 0. The number of hydrogen-bond donors (Lipinski definition) is 0. The van der Waals surface area contributed by atoms with E-state index in [1.807, 2.05) is 12.1 Å². The summed E-state index contributed by atoms with van der Waals surface area (Å²) in [5, 5.41) is 0. The molecule has 1 saturated heterocycles. The van der Waals surface area contributed by atoms with Crippen molar-refractivity contribution in [2.24, 2.45) is 5.92 Å². The van der Waals surface area contributed by atoms with E-state index in [4.69, 9.17) is 14.2 Å². The molecule has 0 amide bonds. The summed E-state index contributed by atoms with van der Waals surface area (Å²) in [6.07, 6.45) is 0.860. The molecule has 0 saturated carbocycles. The van der Waals surface area contributed by atoms with Gasteiger partial charge in [0, 0.05) is 6.42 Å². The maximum Gasteiger partial charge on any atom is 0.158 e. The smallest absolute Gasteiger partial charge is 0.158 e. The average Bonchev–Trinajstić information content (AvgIpc) is 2.41. The van der Waals surface area contributed by atoms with Crippen molar-refractivity contribution in [3.05, 3.63) is 35.4 Å². The van der Waals surface area contributed by atoms with E-state index in [0.717, 1.165) is 6.42 Å². The molecule has 1 aliphatic heterocycles. The first-order chi connectivity index (χ1) is 9.48. The second kappa shape index (κ2) is 6.70. The zero-order chi connectivity index (χ0) is 14.6. The first-order valence-corrected chi connectivity index (χ1v) is 7.40. The van der Waals surface area contributed by atoms with Gasteiger partial charge in [0.2, 0.25) is 0 Å². The van der Waals surface area contributed by atoms with E-state index in [-0.39, 0.29) is 11.9 Å². The second-order valence-corrected chi connectivity index (χ2v) is 6.35. The molecule has 3 heteroatoms. The lowest BCUT2D eigenvalue weighted by Gasteiger charge is -2.37. The molecule has 2 rings (SSSR count). The molecular formula is C17H26O3. The Morgan fingerprint density at radius 3 is 2.50 bits per heavy atom. The predicted molar refractivity (Wildman–Crippen MR) is 79.5 cm³/mol. The van der Waals surface area contributed by atoms with Gasteiger partial charge in [-0.2, -0.15) is 0 Å². The molecule has 1 aromatic rings. The quantitative estimate of drug-likeness (QED) is 0.822. The van der Waals surface area contributed by atoms with Gasteiger partial charge in [0.25, 0.3) is 0 Å². The van der Waals surface area contributed by atoms with Crippen LogP contribution in [0, 0.1) is 12.8 Å². The Bertz CT molecular complexity index is 420. The van der Waals surface area contributed by atoms with Crippen molar-refractivity contribution >= 4 is 0 Å². The van der Waals surface area contributed by atoms with Crippen molar-refractivity contribution in [2.75, 3.05) is 13.2 Å². The maximum atomic E-state index is 6.04. The highest BCUT2D eigenvalue weighted by Gasteiger charge is 2.33. The van der Waals surface area contributed by atoms with Gasteiger partial charge in [-0.3, -0.25) is 0 Å². The van der Waals surface area contributed by atoms with Gasteiger partial charge >= 0.3 is 0 Å². The minimum absolute atomic E-state index is 0.0786. The van der Waals surface area contributed by atoms with Crippen LogP contribution in [0.15, 0.2) is 24.3 Å². The highest BCUT2D eigenvalue weighted by Crippen LogP contribution is 2.24. The third-order valence-corrected chi connectivity index (χ3v) is 3.65. The van der Waals surface area contributed by atoms with Crippen LogP contribution in [0.4, 0.5) is 0 Å². The third kappa shape index (κ3) is 4.30. The summed E-state index contributed by atoms with van der Waals surface area (Å²) >= 11 is 0. The molecule has 0 aromatic heterocycles. The largest absolute Gasteiger partial charge is 0.366 e. The molecule has 1 heterocycles. The SMILES string of the molecule is Cc1ccccc1CO[C@]1(C)CO[C@H](CC(C)C)OC1. The molecule has 1 aliphatic rings. The first-order valence-electron chi connectivity index (χ1n) is 7.40. The fourth-order valence-electron chi connectivity index (χ4n) is 2.26. The lowest BCUT2D eigenvalue weighted by Crippen LogP contribution is -2.47. The number of rotatable bonds is 5. The molecule has 0 aliphatic carbocycles. The zero-order valence-corrected chi connectivity index (χ0v) is 13.0. The van der Waals surface area contributed by atoms with Crippen LogP contribution < -0.4 is 0 Å². The van der Waals surface area contributed by atoms with Gasteiger partial charge in [0.1, 0.15) is 5.60 Å². The number of aryl methyl sites for hydroxylation is 1. The van der Waals surface area contributed by atoms with Crippen LogP contribution in [0.25, 0.3) is 0 Å². The summed E-state index contributed by atoms with van der Waals surface area (Å²) in [5.41, 5.74) is 2.12. The van der Waals surface area contributed by atoms with Crippen LogP contribution in [0.1, 0.15) is 38.3 Å². The minimum atomic E-state index is -0.351. The molecule has 3 nitrogen and oxygen atoms in total. The van der Waals surface area contributed by atoms with Crippen molar-refractivity contribution in [3.63, 3.8) is 0 Å². The lowest BCUT2D eigenvalue weighted by atomic mass is 10.1. The molecule has 0 unspecified atom stereocenters. The second-order valence-electron chi connectivity index (χ2n) is 6.35. The summed E-state index contributed by atoms with van der Waals surface area (Å²) in [6, 6.07) is 8.29. The molecule has 0 N–H and O–H groups in total. The van der Waals surface area contributed by atoms with Gasteiger partial charge < -0.3 is 14.2 Å². The van der Waals surface area contributed by atoms with Gasteiger partial charge in [0.15, 0.2) is 6.29 Å². The van der Waals surface area contributed by atoms with Crippen LogP contribution in [0.2, 0.25) is 0 Å². The Morgan fingerprint density at radius 2 is 1.90 bits per heavy atom. The monoisotopic (exact) mass is 278 g/mol. The summed E-state index contributed by atoms with van der Waals surface area (Å²) < 4.78 is 17.6. The van der Waals surface area contributed by atoms with E-state index in [2.05, 4.69) is 39.8 Å². The molecule has 0 atom stereocenters. The number of hydrogen-bond acceptors (Lipinski definition) is 3. The fourth-order valence-corrected chi connectivity index (χ4v) is 2.26. The lowest BCUT2D eigenvalue weighted by molar-refractivity contribution is -0.266. The van der Waals surface area contributed by atoms with E-state index < -0.39 is 0 Å². The van der Waals surface area contributed by atoms with Crippen molar-refractivity contribution in [3.8, 4) is 0 Å². The predicted octanol–water partition coefficient (Wildman–Crippen LogP) is 3.69. The van der Waals surface area contributed by atoms with E-state index >= 15 is 0 Å². The Kier molecular flexibility index (Phi) is 5.19. The van der Waals surface area contributed by atoms with Crippen molar-refractivity contribution in [1.82, 2.24) is 0 Å². The number of ether oxygens (including phenoxy) is 3. The standard InChI is InChI=1S/C17H26O3/c1-13(2)9-16-18-11-17(4,12-19-16)20-10-15-8-6-5-7-14(15)3/h5-8,13,16H,9-12H2,1-4H3/t16-,17+. The fraction of sp³-hybridized carbons (Fsp3) is 0.647. The summed E-state index contributed by atoms with van der Waals surface area (Å²) in [5.74, 6) is 0.581. The van der Waals surface area contributed by atoms with E-state index in [9.17, 15) is 0 Å². The van der Waals surface area contributed by atoms with E-state index in [0.29, 0.717) is 25.7 Å². The van der Waals surface area contributed by atoms with Gasteiger partial charge in [-0.05, 0) is 30.9 Å². The van der Waals surface area contributed by atoms with Crippen molar-refractivity contribution < 1.29 is 14.2 Å². The first kappa shape index (κ1) is 15.5. The van der Waals surface area contributed by atoms with Gasteiger partial charge in [-0.1, -0.05) is 38.1 Å². The normalized spacial score (nSPS) is 26.9. The van der Waals surface area contributed by atoms with E-state index in [1.54, 1.807) is 0 Å². The van der Waals surface area contributed by atoms with Crippen LogP contribution in [0.5, 0.6) is 0 Å². The highest BCUT2D eigenvalue weighted by molar-refractivity contribution is 5.24. The van der Waals surface area contributed by atoms with Gasteiger partial charge in [0.05, 0.1) is 19.8 Å². The molecule has 0 spiro atoms. The average molecular weight is 278 g/mol. The third-order valence-electron chi connectivity index (χ3n) is 3.65. The van der Waals surface area contributed by atoms with E-state index in [1.165, 1.54) is 11.1 Å². The van der Waals surface area contributed by atoms with Gasteiger partial charge in [-0.15, -0.1) is 0 Å². The Hall–Kier alpha value is -0.900. The summed E-state index contributed by atoms with van der Waals surface area (Å²) in [4.78, 5) is 0. The molecule has 20 heavy (non-hydrogen) atoms. The summed E-state index contributed by atoms with van der Waals surface area (Å²) in [6.45, 7) is 10.3. The van der Waals surface area contributed by atoms with Crippen LogP contribution in [0.3, 0.4) is 0 Å². The topological polar surface area (TPSA) is 27.7 Å². The Labute approximate surface area is 122 Å². The number of benzene rings is 1. The zero-order valence-electron chi connectivity index (χ0n) is 13.0. The Morgan fingerprint density at radius 1 is 1.25 bits per heavy atom. The molecule has 0 bridgehead atoms. The maximum absolute atomic E-state index is 6.04. The van der Waals surface area contributed by atoms with Crippen molar-refractivity contribution in [2.45, 2.75) is 52.6 Å². The van der Waals surface area contributed by atoms with Crippen LogP contribution >= 0.6 is 0 Å². The molecule has 1 aromatic carbocycles. The van der Waals surface area contributed by atoms with Gasteiger partial charge in [-0.25, -0.2) is 0 Å². The Balaban J connectivity index is 1.83. The van der Waals surface area contributed by atoms with Crippen molar-refractivity contribution in [1.29, 1.82) is 0 Å². The highest BCUT2D eigenvalue weighted by atomic mass is 16.7. The van der Waals surface area contributed by atoms with Crippen LogP contribution in [-0.4, -0.2) is 25.1 Å².